The molecule has 0 fully saturated rings. The van der Waals surface area contributed by atoms with E-state index in [0.29, 0.717) is 30.5 Å². The highest BCUT2D eigenvalue weighted by atomic mass is 127. The fraction of sp³-hybridized carbons (Fsp3) is 0.450. The van der Waals surface area contributed by atoms with Crippen molar-refractivity contribution in [1.82, 2.24) is 20.9 Å². The van der Waals surface area contributed by atoms with Crippen LogP contribution in [0.2, 0.25) is 0 Å². The van der Waals surface area contributed by atoms with E-state index in [1.165, 1.54) is 0 Å². The van der Waals surface area contributed by atoms with Crippen molar-refractivity contribution in [2.75, 3.05) is 13.6 Å². The van der Waals surface area contributed by atoms with Crippen LogP contribution in [0.15, 0.2) is 39.9 Å². The van der Waals surface area contributed by atoms with Crippen LogP contribution in [0.4, 0.5) is 0 Å². The Balaban J connectivity index is 0.00000392. The summed E-state index contributed by atoms with van der Waals surface area (Å²) < 4.78 is 5.79. The SMILES string of the molecule is CCNC(=NCc1cccc(C(=O)NC)c1)NCc1ncc(C(C)(C)C)o1.I. The van der Waals surface area contributed by atoms with Crippen LogP contribution in [-0.4, -0.2) is 30.4 Å². The lowest BCUT2D eigenvalue weighted by Gasteiger charge is -2.13. The zero-order valence-corrected chi connectivity index (χ0v) is 19.5. The highest BCUT2D eigenvalue weighted by Gasteiger charge is 2.19. The number of benzene rings is 1. The lowest BCUT2D eigenvalue weighted by atomic mass is 9.94. The molecule has 0 spiro atoms. The third kappa shape index (κ3) is 7.14. The van der Waals surface area contributed by atoms with Gasteiger partial charge in [-0.3, -0.25) is 4.79 Å². The van der Waals surface area contributed by atoms with Crippen molar-refractivity contribution in [2.45, 2.75) is 46.2 Å². The lowest BCUT2D eigenvalue weighted by Crippen LogP contribution is -2.36. The number of guanidine groups is 1. The standard InChI is InChI=1S/C20H29N5O2.HI/c1-6-22-19(25-13-17-23-12-16(27-17)20(2,3)4)24-11-14-8-7-9-15(10-14)18(26)21-5;/h7-10,12H,6,11,13H2,1-5H3,(H,21,26)(H2,22,24,25);1H. The molecule has 2 aromatic rings. The van der Waals surface area contributed by atoms with Gasteiger partial charge in [-0.15, -0.1) is 24.0 Å². The van der Waals surface area contributed by atoms with Crippen molar-refractivity contribution in [3.8, 4) is 0 Å². The van der Waals surface area contributed by atoms with Crippen LogP contribution < -0.4 is 16.0 Å². The molecule has 0 unspecified atom stereocenters. The molecule has 154 valence electrons. The van der Waals surface area contributed by atoms with Gasteiger partial charge in [0.25, 0.3) is 5.91 Å². The molecular formula is C20H30IN5O2. The molecule has 1 heterocycles. The van der Waals surface area contributed by atoms with Crippen molar-refractivity contribution in [2.24, 2.45) is 4.99 Å². The lowest BCUT2D eigenvalue weighted by molar-refractivity contribution is 0.0963. The summed E-state index contributed by atoms with van der Waals surface area (Å²) in [6, 6.07) is 7.43. The highest BCUT2D eigenvalue weighted by molar-refractivity contribution is 14.0. The highest BCUT2D eigenvalue weighted by Crippen LogP contribution is 2.22. The molecule has 3 N–H and O–H groups in total. The zero-order valence-electron chi connectivity index (χ0n) is 17.1. The molecule has 1 aromatic heterocycles. The third-order valence-corrected chi connectivity index (χ3v) is 3.88. The van der Waals surface area contributed by atoms with E-state index in [4.69, 9.17) is 4.42 Å². The number of aromatic nitrogens is 1. The summed E-state index contributed by atoms with van der Waals surface area (Å²) in [6.45, 7) is 9.91. The first-order valence-electron chi connectivity index (χ1n) is 9.12. The van der Waals surface area contributed by atoms with Crippen LogP contribution >= 0.6 is 24.0 Å². The Bertz CT molecular complexity index is 796. The summed E-state index contributed by atoms with van der Waals surface area (Å²) in [5.74, 6) is 2.03. The average Bonchev–Trinajstić information content (AvgIpc) is 3.13. The number of hydrogen-bond acceptors (Lipinski definition) is 4. The Hall–Kier alpha value is -2.10. The molecule has 0 radical (unpaired) electrons. The molecule has 7 nitrogen and oxygen atoms in total. The van der Waals surface area contributed by atoms with Gasteiger partial charge in [-0.05, 0) is 24.6 Å². The first-order chi connectivity index (χ1) is 12.8. The number of amides is 1. The van der Waals surface area contributed by atoms with Gasteiger partial charge in [-0.2, -0.15) is 0 Å². The van der Waals surface area contributed by atoms with E-state index in [2.05, 4.69) is 46.7 Å². The molecule has 0 saturated carbocycles. The fourth-order valence-electron chi connectivity index (χ4n) is 2.37. The van der Waals surface area contributed by atoms with Gasteiger partial charge in [0.05, 0.1) is 19.3 Å². The summed E-state index contributed by atoms with van der Waals surface area (Å²) in [4.78, 5) is 20.6. The number of aliphatic imine (C=N–C) groups is 1. The van der Waals surface area contributed by atoms with E-state index in [-0.39, 0.29) is 35.3 Å². The smallest absolute Gasteiger partial charge is 0.251 e. The molecule has 2 rings (SSSR count). The van der Waals surface area contributed by atoms with Gasteiger partial charge in [0.2, 0.25) is 5.89 Å². The van der Waals surface area contributed by atoms with Crippen molar-refractivity contribution >= 4 is 35.8 Å². The molecule has 0 aliphatic rings. The second kappa shape index (κ2) is 11.0. The number of carbonyl (C=O) groups excluding carboxylic acids is 1. The Morgan fingerprint density at radius 2 is 2.00 bits per heavy atom. The molecule has 0 saturated heterocycles. The molecule has 0 aliphatic heterocycles. The molecule has 1 aromatic carbocycles. The van der Waals surface area contributed by atoms with E-state index in [1.54, 1.807) is 19.3 Å². The molecule has 1 amide bonds. The summed E-state index contributed by atoms with van der Waals surface area (Å²) >= 11 is 0. The first kappa shape index (κ1) is 23.9. The second-order valence-electron chi connectivity index (χ2n) is 7.20. The Morgan fingerprint density at radius 1 is 1.25 bits per heavy atom. The predicted molar refractivity (Wildman–Crippen MR) is 122 cm³/mol. The molecular weight excluding hydrogens is 469 g/mol. The van der Waals surface area contributed by atoms with E-state index in [0.717, 1.165) is 17.9 Å². The zero-order chi connectivity index (χ0) is 19.9. The first-order valence-corrected chi connectivity index (χ1v) is 9.12. The van der Waals surface area contributed by atoms with Gasteiger partial charge in [0.1, 0.15) is 5.76 Å². The maximum atomic E-state index is 11.7. The minimum atomic E-state index is -0.107. The summed E-state index contributed by atoms with van der Waals surface area (Å²) in [7, 11) is 1.62. The van der Waals surface area contributed by atoms with Gasteiger partial charge < -0.3 is 20.4 Å². The van der Waals surface area contributed by atoms with Crippen LogP contribution in [0, 0.1) is 0 Å². The van der Waals surface area contributed by atoms with E-state index >= 15 is 0 Å². The summed E-state index contributed by atoms with van der Waals surface area (Å²) in [6.07, 6.45) is 1.77. The quantitative estimate of drug-likeness (QED) is 0.323. The van der Waals surface area contributed by atoms with Gasteiger partial charge in [0, 0.05) is 24.6 Å². The Labute approximate surface area is 183 Å². The van der Waals surface area contributed by atoms with E-state index in [9.17, 15) is 4.79 Å². The maximum Gasteiger partial charge on any atom is 0.251 e. The number of halogens is 1. The number of nitrogens with zero attached hydrogens (tertiary/aromatic N) is 2. The van der Waals surface area contributed by atoms with Crippen molar-refractivity contribution in [3.05, 3.63) is 53.2 Å². The van der Waals surface area contributed by atoms with Crippen LogP contribution in [0.25, 0.3) is 0 Å². The number of hydrogen-bond donors (Lipinski definition) is 3. The van der Waals surface area contributed by atoms with Gasteiger partial charge in [-0.1, -0.05) is 32.9 Å². The fourth-order valence-corrected chi connectivity index (χ4v) is 2.37. The third-order valence-electron chi connectivity index (χ3n) is 3.88. The van der Waals surface area contributed by atoms with Crippen molar-refractivity contribution in [3.63, 3.8) is 0 Å². The number of carbonyl (C=O) groups is 1. The molecule has 0 aliphatic carbocycles. The monoisotopic (exact) mass is 499 g/mol. The number of rotatable bonds is 6. The van der Waals surface area contributed by atoms with E-state index < -0.39 is 0 Å². The molecule has 8 heteroatoms. The number of oxazole rings is 1. The van der Waals surface area contributed by atoms with Crippen LogP contribution in [0.1, 0.15) is 55.3 Å². The van der Waals surface area contributed by atoms with Crippen molar-refractivity contribution < 1.29 is 9.21 Å². The largest absolute Gasteiger partial charge is 0.443 e. The topological polar surface area (TPSA) is 91.5 Å². The second-order valence-corrected chi connectivity index (χ2v) is 7.20. The minimum absolute atomic E-state index is 0. The van der Waals surface area contributed by atoms with Crippen LogP contribution in [0.3, 0.4) is 0 Å². The van der Waals surface area contributed by atoms with Crippen LogP contribution in [0.5, 0.6) is 0 Å². The van der Waals surface area contributed by atoms with E-state index in [1.807, 2.05) is 25.1 Å². The maximum absolute atomic E-state index is 11.7. The van der Waals surface area contributed by atoms with Gasteiger partial charge >= 0.3 is 0 Å². The minimum Gasteiger partial charge on any atom is -0.443 e. The molecule has 0 atom stereocenters. The molecule has 0 bridgehead atoms. The number of nitrogens with one attached hydrogen (secondary N) is 3. The summed E-state index contributed by atoms with van der Waals surface area (Å²) in [5, 5.41) is 9.05. The van der Waals surface area contributed by atoms with Gasteiger partial charge in [0.15, 0.2) is 5.96 Å². The predicted octanol–water partition coefficient (Wildman–Crippen LogP) is 3.21. The average molecular weight is 499 g/mol. The molecule has 28 heavy (non-hydrogen) atoms. The van der Waals surface area contributed by atoms with Gasteiger partial charge in [-0.25, -0.2) is 9.98 Å². The summed E-state index contributed by atoms with van der Waals surface area (Å²) in [5.41, 5.74) is 1.51. The van der Waals surface area contributed by atoms with Crippen molar-refractivity contribution in [1.29, 1.82) is 0 Å². The Morgan fingerprint density at radius 3 is 2.61 bits per heavy atom. The van der Waals surface area contributed by atoms with Crippen LogP contribution in [-0.2, 0) is 18.5 Å². The Kier molecular flexibility index (Phi) is 9.44. The normalized spacial score (nSPS) is 11.5.